The van der Waals surface area contributed by atoms with Crippen LogP contribution in [0.5, 0.6) is 5.75 Å². The van der Waals surface area contributed by atoms with Crippen LogP contribution < -0.4 is 10.6 Å². The number of anilines is 1. The quantitative estimate of drug-likeness (QED) is 0.889. The lowest BCUT2D eigenvalue weighted by Gasteiger charge is -2.40. The van der Waals surface area contributed by atoms with Gasteiger partial charge in [-0.2, -0.15) is 0 Å². The summed E-state index contributed by atoms with van der Waals surface area (Å²) in [6.07, 6.45) is 4.13. The highest BCUT2D eigenvalue weighted by Gasteiger charge is 2.42. The summed E-state index contributed by atoms with van der Waals surface area (Å²) in [7, 11) is 0. The van der Waals surface area contributed by atoms with E-state index in [-0.39, 0.29) is 17.1 Å². The first-order valence-electron chi connectivity index (χ1n) is 8.18. The number of benzene rings is 1. The standard InChI is InChI=1S/C17H25N3O2/c18-13-17(7-1-2-8-17)16(22)20-11-9-19(10-12-20)14-3-5-15(21)6-4-14/h3-6,21H,1-2,7-13,18H2. The minimum Gasteiger partial charge on any atom is -0.508 e. The molecule has 3 rings (SSSR count). The molecule has 120 valence electrons. The molecular weight excluding hydrogens is 278 g/mol. The van der Waals surface area contributed by atoms with Gasteiger partial charge in [0.15, 0.2) is 0 Å². The Labute approximate surface area is 131 Å². The molecular formula is C17H25N3O2. The number of nitrogens with two attached hydrogens (primary N) is 1. The summed E-state index contributed by atoms with van der Waals surface area (Å²) in [4.78, 5) is 17.1. The van der Waals surface area contributed by atoms with E-state index >= 15 is 0 Å². The summed E-state index contributed by atoms with van der Waals surface area (Å²) in [5.74, 6) is 0.543. The van der Waals surface area contributed by atoms with Gasteiger partial charge in [-0.3, -0.25) is 4.79 Å². The van der Waals surface area contributed by atoms with Crippen molar-refractivity contribution in [2.45, 2.75) is 25.7 Å². The van der Waals surface area contributed by atoms with Crippen molar-refractivity contribution in [3.63, 3.8) is 0 Å². The van der Waals surface area contributed by atoms with Crippen LogP contribution >= 0.6 is 0 Å². The first kappa shape index (κ1) is 15.2. The maximum absolute atomic E-state index is 12.8. The molecule has 0 aromatic heterocycles. The summed E-state index contributed by atoms with van der Waals surface area (Å²) in [5.41, 5.74) is 6.73. The molecule has 1 aliphatic heterocycles. The fourth-order valence-electron chi connectivity index (χ4n) is 3.72. The van der Waals surface area contributed by atoms with Crippen molar-refractivity contribution in [1.29, 1.82) is 0 Å². The maximum atomic E-state index is 12.8. The minimum atomic E-state index is -0.291. The van der Waals surface area contributed by atoms with Crippen LogP contribution in [0.15, 0.2) is 24.3 Å². The number of hydrogen-bond acceptors (Lipinski definition) is 4. The van der Waals surface area contributed by atoms with Crippen molar-refractivity contribution in [1.82, 2.24) is 4.90 Å². The second-order valence-corrected chi connectivity index (χ2v) is 6.49. The summed E-state index contributed by atoms with van der Waals surface area (Å²) in [6.45, 7) is 3.64. The maximum Gasteiger partial charge on any atom is 0.230 e. The number of rotatable bonds is 3. The Morgan fingerprint density at radius 3 is 2.23 bits per heavy atom. The lowest BCUT2D eigenvalue weighted by Crippen LogP contribution is -2.54. The molecule has 5 heteroatoms. The average Bonchev–Trinajstić information content (AvgIpc) is 3.05. The lowest BCUT2D eigenvalue weighted by atomic mass is 9.84. The van der Waals surface area contributed by atoms with Gasteiger partial charge in [-0.25, -0.2) is 0 Å². The molecule has 1 saturated heterocycles. The highest BCUT2D eigenvalue weighted by molar-refractivity contribution is 5.83. The number of carbonyl (C=O) groups is 1. The van der Waals surface area contributed by atoms with Gasteiger partial charge < -0.3 is 20.6 Å². The number of phenolic OH excluding ortho intramolecular Hbond substituents is 1. The topological polar surface area (TPSA) is 69.8 Å². The predicted molar refractivity (Wildman–Crippen MR) is 86.9 cm³/mol. The van der Waals surface area contributed by atoms with Crippen LogP contribution in [-0.2, 0) is 4.79 Å². The van der Waals surface area contributed by atoms with Crippen molar-refractivity contribution in [3.05, 3.63) is 24.3 Å². The van der Waals surface area contributed by atoms with Gasteiger partial charge >= 0.3 is 0 Å². The Morgan fingerprint density at radius 1 is 1.09 bits per heavy atom. The van der Waals surface area contributed by atoms with Gasteiger partial charge in [0.25, 0.3) is 0 Å². The van der Waals surface area contributed by atoms with Crippen molar-refractivity contribution in [2.75, 3.05) is 37.6 Å². The molecule has 1 aromatic rings. The molecule has 0 bridgehead atoms. The molecule has 1 aromatic carbocycles. The molecule has 0 atom stereocenters. The van der Waals surface area contributed by atoms with E-state index in [1.165, 1.54) is 0 Å². The molecule has 22 heavy (non-hydrogen) atoms. The van der Waals surface area contributed by atoms with E-state index in [1.807, 2.05) is 17.0 Å². The van der Waals surface area contributed by atoms with Crippen molar-refractivity contribution >= 4 is 11.6 Å². The number of amides is 1. The number of piperazine rings is 1. The van der Waals surface area contributed by atoms with E-state index in [2.05, 4.69) is 4.90 Å². The summed E-state index contributed by atoms with van der Waals surface area (Å²) < 4.78 is 0. The van der Waals surface area contributed by atoms with E-state index in [0.29, 0.717) is 6.54 Å². The minimum absolute atomic E-state index is 0.262. The lowest BCUT2D eigenvalue weighted by molar-refractivity contribution is -0.141. The third-order valence-electron chi connectivity index (χ3n) is 5.19. The Balaban J connectivity index is 1.61. The summed E-state index contributed by atoms with van der Waals surface area (Å²) >= 11 is 0. The predicted octanol–water partition coefficient (Wildman–Crippen LogP) is 1.56. The third-order valence-corrected chi connectivity index (χ3v) is 5.19. The zero-order valence-corrected chi connectivity index (χ0v) is 13.0. The largest absolute Gasteiger partial charge is 0.508 e. The number of carbonyl (C=O) groups excluding carboxylic acids is 1. The molecule has 1 saturated carbocycles. The van der Waals surface area contributed by atoms with Gasteiger partial charge in [0.05, 0.1) is 5.41 Å². The number of aromatic hydroxyl groups is 1. The van der Waals surface area contributed by atoms with Gasteiger partial charge in [-0.15, -0.1) is 0 Å². The molecule has 1 aliphatic carbocycles. The van der Waals surface area contributed by atoms with Crippen LogP contribution in [0.4, 0.5) is 5.69 Å². The number of phenols is 1. The van der Waals surface area contributed by atoms with Gasteiger partial charge in [-0.1, -0.05) is 12.8 Å². The van der Waals surface area contributed by atoms with Crippen LogP contribution in [0.3, 0.4) is 0 Å². The van der Waals surface area contributed by atoms with Crippen LogP contribution in [0, 0.1) is 5.41 Å². The number of nitrogens with zero attached hydrogens (tertiary/aromatic N) is 2. The van der Waals surface area contributed by atoms with E-state index in [0.717, 1.165) is 57.5 Å². The monoisotopic (exact) mass is 303 g/mol. The second kappa shape index (κ2) is 6.16. The van der Waals surface area contributed by atoms with Crippen LogP contribution in [0.25, 0.3) is 0 Å². The zero-order valence-electron chi connectivity index (χ0n) is 13.0. The first-order chi connectivity index (χ1) is 10.6. The molecule has 0 spiro atoms. The van der Waals surface area contributed by atoms with Crippen LogP contribution in [-0.4, -0.2) is 48.6 Å². The fourth-order valence-corrected chi connectivity index (χ4v) is 3.72. The molecule has 2 fully saturated rings. The highest BCUT2D eigenvalue weighted by Crippen LogP contribution is 2.39. The van der Waals surface area contributed by atoms with Crippen molar-refractivity contribution < 1.29 is 9.90 Å². The van der Waals surface area contributed by atoms with Crippen LogP contribution in [0.1, 0.15) is 25.7 Å². The molecule has 1 amide bonds. The molecule has 1 heterocycles. The van der Waals surface area contributed by atoms with Crippen molar-refractivity contribution in [3.8, 4) is 5.75 Å². The van der Waals surface area contributed by atoms with E-state index in [4.69, 9.17) is 5.73 Å². The fraction of sp³-hybridized carbons (Fsp3) is 0.588. The molecule has 2 aliphatic rings. The third kappa shape index (κ3) is 2.77. The van der Waals surface area contributed by atoms with Crippen LogP contribution in [0.2, 0.25) is 0 Å². The number of hydrogen-bond donors (Lipinski definition) is 2. The Kier molecular flexibility index (Phi) is 4.25. The average molecular weight is 303 g/mol. The zero-order chi connectivity index (χ0) is 15.6. The van der Waals surface area contributed by atoms with Gasteiger partial charge in [0.1, 0.15) is 5.75 Å². The Morgan fingerprint density at radius 2 is 1.68 bits per heavy atom. The molecule has 0 unspecified atom stereocenters. The molecule has 0 radical (unpaired) electrons. The molecule has 5 nitrogen and oxygen atoms in total. The Bertz CT molecular complexity index is 515. The van der Waals surface area contributed by atoms with Gasteiger partial charge in [0, 0.05) is 38.4 Å². The molecule has 3 N–H and O–H groups in total. The van der Waals surface area contributed by atoms with Gasteiger partial charge in [-0.05, 0) is 37.1 Å². The Hall–Kier alpha value is -1.75. The highest BCUT2D eigenvalue weighted by atomic mass is 16.3. The van der Waals surface area contributed by atoms with Crippen molar-refractivity contribution in [2.24, 2.45) is 11.1 Å². The smallest absolute Gasteiger partial charge is 0.230 e. The normalized spacial score (nSPS) is 21.1. The summed E-state index contributed by atoms with van der Waals surface area (Å²) in [5, 5.41) is 9.36. The van der Waals surface area contributed by atoms with Gasteiger partial charge in [0.2, 0.25) is 5.91 Å². The SMILES string of the molecule is NCC1(C(=O)N2CCN(c3ccc(O)cc3)CC2)CCCC1. The van der Waals surface area contributed by atoms with E-state index in [9.17, 15) is 9.90 Å². The van der Waals surface area contributed by atoms with E-state index in [1.54, 1.807) is 12.1 Å². The summed E-state index contributed by atoms with van der Waals surface area (Å²) in [6, 6.07) is 7.25. The van der Waals surface area contributed by atoms with E-state index < -0.39 is 0 Å². The second-order valence-electron chi connectivity index (χ2n) is 6.49. The first-order valence-corrected chi connectivity index (χ1v) is 8.18.